The molecule has 0 aliphatic heterocycles. The number of anilines is 2. The molecule has 0 saturated carbocycles. The second-order valence-corrected chi connectivity index (χ2v) is 3.59. The summed E-state index contributed by atoms with van der Waals surface area (Å²) in [5, 5.41) is 12.3. The molecule has 6 heteroatoms. The molecule has 0 aliphatic carbocycles. The zero-order valence-corrected chi connectivity index (χ0v) is 9.38. The Morgan fingerprint density at radius 2 is 2.12 bits per heavy atom. The van der Waals surface area contributed by atoms with Crippen molar-refractivity contribution in [3.63, 3.8) is 0 Å². The molecule has 0 spiro atoms. The van der Waals surface area contributed by atoms with E-state index >= 15 is 0 Å². The second-order valence-electron chi connectivity index (χ2n) is 3.59. The van der Waals surface area contributed by atoms with Crippen molar-refractivity contribution in [1.82, 2.24) is 15.0 Å². The van der Waals surface area contributed by atoms with E-state index in [1.807, 2.05) is 6.07 Å². The maximum Gasteiger partial charge on any atom is 0.227 e. The standard InChI is InChI=1S/C11H13N5O/c1-7-14-10(12)16-11(15-7)13-6-8-3-2-4-9(17)5-8/h2-5,17H,6H2,1H3,(H3,12,13,14,15,16). The van der Waals surface area contributed by atoms with Gasteiger partial charge in [0.1, 0.15) is 11.6 Å². The van der Waals surface area contributed by atoms with Crippen LogP contribution in [-0.4, -0.2) is 20.1 Å². The van der Waals surface area contributed by atoms with E-state index in [-0.39, 0.29) is 11.7 Å². The van der Waals surface area contributed by atoms with Crippen molar-refractivity contribution in [3.05, 3.63) is 35.7 Å². The van der Waals surface area contributed by atoms with Crippen LogP contribution in [0.25, 0.3) is 0 Å². The Morgan fingerprint density at radius 3 is 2.82 bits per heavy atom. The minimum atomic E-state index is 0.191. The number of phenolic OH excluding ortho intramolecular Hbond substituents is 1. The van der Waals surface area contributed by atoms with Crippen LogP contribution >= 0.6 is 0 Å². The number of nitrogens with two attached hydrogens (primary N) is 1. The normalized spacial score (nSPS) is 10.2. The number of aromatic hydroxyl groups is 1. The van der Waals surface area contributed by atoms with Crippen molar-refractivity contribution < 1.29 is 5.11 Å². The van der Waals surface area contributed by atoms with Crippen molar-refractivity contribution in [1.29, 1.82) is 0 Å². The lowest BCUT2D eigenvalue weighted by molar-refractivity contribution is 0.474. The first kappa shape index (κ1) is 11.1. The van der Waals surface area contributed by atoms with Gasteiger partial charge in [-0.25, -0.2) is 0 Å². The molecule has 0 bridgehead atoms. The highest BCUT2D eigenvalue weighted by molar-refractivity contribution is 5.34. The first-order valence-corrected chi connectivity index (χ1v) is 5.13. The molecule has 1 heterocycles. The topological polar surface area (TPSA) is 97.0 Å². The van der Waals surface area contributed by atoms with Gasteiger partial charge in [0.25, 0.3) is 0 Å². The minimum absolute atomic E-state index is 0.191. The lowest BCUT2D eigenvalue weighted by Crippen LogP contribution is -2.08. The summed E-state index contributed by atoms with van der Waals surface area (Å²) >= 11 is 0. The average molecular weight is 231 g/mol. The molecule has 0 amide bonds. The highest BCUT2D eigenvalue weighted by Crippen LogP contribution is 2.12. The van der Waals surface area contributed by atoms with E-state index in [1.54, 1.807) is 25.1 Å². The molecule has 0 unspecified atom stereocenters. The molecule has 0 radical (unpaired) electrons. The van der Waals surface area contributed by atoms with Crippen molar-refractivity contribution in [3.8, 4) is 5.75 Å². The van der Waals surface area contributed by atoms with Gasteiger partial charge in [0.15, 0.2) is 0 Å². The molecule has 0 fully saturated rings. The van der Waals surface area contributed by atoms with Gasteiger partial charge in [0.2, 0.25) is 11.9 Å². The molecule has 6 nitrogen and oxygen atoms in total. The van der Waals surface area contributed by atoms with Crippen molar-refractivity contribution >= 4 is 11.9 Å². The van der Waals surface area contributed by atoms with E-state index in [9.17, 15) is 5.11 Å². The number of rotatable bonds is 3. The van der Waals surface area contributed by atoms with E-state index in [1.165, 1.54) is 0 Å². The fraction of sp³-hybridized carbons (Fsp3) is 0.182. The molecule has 17 heavy (non-hydrogen) atoms. The summed E-state index contributed by atoms with van der Waals surface area (Å²) in [6.45, 7) is 2.26. The van der Waals surface area contributed by atoms with Crippen molar-refractivity contribution in [2.75, 3.05) is 11.1 Å². The van der Waals surface area contributed by atoms with Crippen LogP contribution in [0.1, 0.15) is 11.4 Å². The molecule has 1 aromatic carbocycles. The molecule has 88 valence electrons. The zero-order chi connectivity index (χ0) is 12.3. The lowest BCUT2D eigenvalue weighted by Gasteiger charge is -2.06. The second kappa shape index (κ2) is 4.65. The van der Waals surface area contributed by atoms with Crippen molar-refractivity contribution in [2.45, 2.75) is 13.5 Å². The number of benzene rings is 1. The van der Waals surface area contributed by atoms with E-state index in [2.05, 4.69) is 20.3 Å². The van der Waals surface area contributed by atoms with E-state index in [0.29, 0.717) is 18.3 Å². The molecular weight excluding hydrogens is 218 g/mol. The first-order chi connectivity index (χ1) is 8.13. The predicted octanol–water partition coefficient (Wildman–Crippen LogP) is 1.08. The highest BCUT2D eigenvalue weighted by atomic mass is 16.3. The fourth-order valence-corrected chi connectivity index (χ4v) is 1.43. The zero-order valence-electron chi connectivity index (χ0n) is 9.38. The molecule has 0 aliphatic rings. The van der Waals surface area contributed by atoms with Crippen LogP contribution in [-0.2, 0) is 6.54 Å². The fourth-order valence-electron chi connectivity index (χ4n) is 1.43. The number of aryl methyl sites for hydroxylation is 1. The summed E-state index contributed by atoms with van der Waals surface area (Å²) in [6.07, 6.45) is 0. The Morgan fingerprint density at radius 1 is 1.29 bits per heavy atom. The van der Waals surface area contributed by atoms with Crippen LogP contribution < -0.4 is 11.1 Å². The van der Waals surface area contributed by atoms with Gasteiger partial charge in [-0.3, -0.25) is 0 Å². The van der Waals surface area contributed by atoms with Crippen LogP contribution in [0.15, 0.2) is 24.3 Å². The van der Waals surface area contributed by atoms with Gasteiger partial charge < -0.3 is 16.2 Å². The number of nitrogens with one attached hydrogen (secondary N) is 1. The largest absolute Gasteiger partial charge is 0.508 e. The molecule has 0 atom stereocenters. The van der Waals surface area contributed by atoms with Gasteiger partial charge in [-0.05, 0) is 24.6 Å². The lowest BCUT2D eigenvalue weighted by atomic mass is 10.2. The van der Waals surface area contributed by atoms with Crippen LogP contribution in [0.5, 0.6) is 5.75 Å². The Labute approximate surface area is 98.6 Å². The maximum atomic E-state index is 9.31. The Kier molecular flexibility index (Phi) is 3.04. The third-order valence-corrected chi connectivity index (χ3v) is 2.13. The van der Waals surface area contributed by atoms with Gasteiger partial charge in [-0.15, -0.1) is 0 Å². The van der Waals surface area contributed by atoms with Crippen LogP contribution in [0.2, 0.25) is 0 Å². The Balaban J connectivity index is 2.07. The van der Waals surface area contributed by atoms with Gasteiger partial charge in [0.05, 0.1) is 0 Å². The number of hydrogen-bond donors (Lipinski definition) is 3. The quantitative estimate of drug-likeness (QED) is 0.731. The summed E-state index contributed by atoms with van der Waals surface area (Å²) in [7, 11) is 0. The highest BCUT2D eigenvalue weighted by Gasteiger charge is 2.01. The van der Waals surface area contributed by atoms with E-state index in [0.717, 1.165) is 5.56 Å². The third-order valence-electron chi connectivity index (χ3n) is 2.13. The maximum absolute atomic E-state index is 9.31. The van der Waals surface area contributed by atoms with E-state index < -0.39 is 0 Å². The third kappa shape index (κ3) is 3.04. The number of nitrogens with zero attached hydrogens (tertiary/aromatic N) is 3. The molecule has 2 aromatic rings. The number of nitrogen functional groups attached to an aromatic ring is 1. The molecule has 2 rings (SSSR count). The molecule has 1 aromatic heterocycles. The minimum Gasteiger partial charge on any atom is -0.508 e. The molecular formula is C11H13N5O. The van der Waals surface area contributed by atoms with Crippen LogP contribution in [0.4, 0.5) is 11.9 Å². The average Bonchev–Trinajstić information content (AvgIpc) is 2.25. The van der Waals surface area contributed by atoms with E-state index in [4.69, 9.17) is 5.73 Å². The van der Waals surface area contributed by atoms with Gasteiger partial charge in [-0.1, -0.05) is 12.1 Å². The van der Waals surface area contributed by atoms with Gasteiger partial charge >= 0.3 is 0 Å². The first-order valence-electron chi connectivity index (χ1n) is 5.13. The predicted molar refractivity (Wildman–Crippen MR) is 64.4 cm³/mol. The van der Waals surface area contributed by atoms with Gasteiger partial charge in [0, 0.05) is 6.54 Å². The number of phenols is 1. The number of aromatic nitrogens is 3. The SMILES string of the molecule is Cc1nc(N)nc(NCc2cccc(O)c2)n1. The number of hydrogen-bond acceptors (Lipinski definition) is 6. The van der Waals surface area contributed by atoms with Gasteiger partial charge in [-0.2, -0.15) is 15.0 Å². The monoisotopic (exact) mass is 231 g/mol. The summed E-state index contributed by atoms with van der Waals surface area (Å²) in [6, 6.07) is 6.96. The molecule has 0 saturated heterocycles. The van der Waals surface area contributed by atoms with Crippen LogP contribution in [0.3, 0.4) is 0 Å². The smallest absolute Gasteiger partial charge is 0.227 e. The summed E-state index contributed by atoms with van der Waals surface area (Å²) < 4.78 is 0. The summed E-state index contributed by atoms with van der Waals surface area (Å²) in [5.41, 5.74) is 6.44. The summed E-state index contributed by atoms with van der Waals surface area (Å²) in [5.74, 6) is 1.42. The van der Waals surface area contributed by atoms with Crippen LogP contribution in [0, 0.1) is 6.92 Å². The molecule has 4 N–H and O–H groups in total. The Bertz CT molecular complexity index is 509. The summed E-state index contributed by atoms with van der Waals surface area (Å²) in [4.78, 5) is 11.9. The van der Waals surface area contributed by atoms with Crippen molar-refractivity contribution in [2.24, 2.45) is 0 Å². The Hall–Kier alpha value is -2.37.